The molecule has 1 aromatic heterocycles. The fraction of sp³-hybridized carbons (Fsp3) is 0.333. The number of benzene rings is 1. The molecular formula is C18H20N4O3. The Morgan fingerprint density at radius 2 is 1.80 bits per heavy atom. The number of amides is 1. The maximum absolute atomic E-state index is 12.2. The minimum Gasteiger partial charge on any atom is -0.378 e. The Bertz CT molecular complexity index is 755. The highest BCUT2D eigenvalue weighted by molar-refractivity contribution is 5.97. The lowest BCUT2D eigenvalue weighted by molar-refractivity contribution is 0.0948. The van der Waals surface area contributed by atoms with Crippen LogP contribution in [-0.2, 0) is 11.3 Å². The van der Waals surface area contributed by atoms with Crippen LogP contribution in [0.1, 0.15) is 33.3 Å². The van der Waals surface area contributed by atoms with Gasteiger partial charge in [0, 0.05) is 30.4 Å². The molecule has 0 spiro atoms. The van der Waals surface area contributed by atoms with E-state index in [-0.39, 0.29) is 11.7 Å². The van der Waals surface area contributed by atoms with E-state index >= 15 is 0 Å². The van der Waals surface area contributed by atoms with Gasteiger partial charge in [0.1, 0.15) is 0 Å². The maximum atomic E-state index is 12.2. The van der Waals surface area contributed by atoms with Crippen LogP contribution in [0.2, 0.25) is 0 Å². The quantitative estimate of drug-likeness (QED) is 0.829. The fourth-order valence-electron chi connectivity index (χ4n) is 2.53. The largest absolute Gasteiger partial charge is 0.378 e. The van der Waals surface area contributed by atoms with Crippen molar-refractivity contribution in [3.8, 4) is 0 Å². The summed E-state index contributed by atoms with van der Waals surface area (Å²) in [5, 5.41) is 2.84. The lowest BCUT2D eigenvalue weighted by Crippen LogP contribution is -2.37. The zero-order valence-corrected chi connectivity index (χ0v) is 14.1. The van der Waals surface area contributed by atoms with Crippen molar-refractivity contribution in [2.75, 3.05) is 31.2 Å². The second-order valence-electron chi connectivity index (χ2n) is 5.76. The highest BCUT2D eigenvalue weighted by Gasteiger charge is 2.14. The van der Waals surface area contributed by atoms with Crippen LogP contribution in [-0.4, -0.2) is 48.0 Å². The van der Waals surface area contributed by atoms with Gasteiger partial charge in [0.15, 0.2) is 5.78 Å². The molecule has 0 aliphatic carbocycles. The number of nitrogens with zero attached hydrogens (tertiary/aromatic N) is 3. The molecule has 25 heavy (non-hydrogen) atoms. The molecule has 1 aromatic carbocycles. The number of anilines is 1. The first-order chi connectivity index (χ1) is 12.1. The number of ether oxygens (including phenoxy) is 1. The van der Waals surface area contributed by atoms with Crippen LogP contribution in [0.3, 0.4) is 0 Å². The number of carbonyl (C=O) groups excluding carboxylic acids is 2. The highest BCUT2D eigenvalue weighted by atomic mass is 16.5. The molecule has 7 heteroatoms. The minimum absolute atomic E-state index is 0.0245. The van der Waals surface area contributed by atoms with Crippen LogP contribution >= 0.6 is 0 Å². The molecule has 1 amide bonds. The average molecular weight is 340 g/mol. The van der Waals surface area contributed by atoms with Gasteiger partial charge in [-0.2, -0.15) is 0 Å². The SMILES string of the molecule is CC(=O)c1ccc(C(=O)NCc2ccnc(N3CCOCC3)n2)cc1. The van der Waals surface area contributed by atoms with Crippen LogP contribution in [0.4, 0.5) is 5.95 Å². The smallest absolute Gasteiger partial charge is 0.251 e. The Morgan fingerprint density at radius 1 is 1.12 bits per heavy atom. The minimum atomic E-state index is -0.207. The van der Waals surface area contributed by atoms with Crippen LogP contribution in [0.25, 0.3) is 0 Å². The maximum Gasteiger partial charge on any atom is 0.251 e. The van der Waals surface area contributed by atoms with Crippen molar-refractivity contribution in [3.05, 3.63) is 53.3 Å². The van der Waals surface area contributed by atoms with Gasteiger partial charge in [-0.3, -0.25) is 9.59 Å². The third-order valence-electron chi connectivity index (χ3n) is 3.98. The van der Waals surface area contributed by atoms with Crippen molar-refractivity contribution in [1.29, 1.82) is 0 Å². The molecule has 3 rings (SSSR count). The number of ketones is 1. The Kier molecular flexibility index (Phi) is 5.35. The number of Topliss-reactive ketones (excluding diaryl/α,β-unsaturated/α-hetero) is 1. The van der Waals surface area contributed by atoms with E-state index in [1.54, 1.807) is 36.5 Å². The zero-order valence-electron chi connectivity index (χ0n) is 14.1. The number of hydrogen-bond acceptors (Lipinski definition) is 6. The van der Waals surface area contributed by atoms with Crippen molar-refractivity contribution < 1.29 is 14.3 Å². The molecule has 1 N–H and O–H groups in total. The van der Waals surface area contributed by atoms with E-state index in [0.29, 0.717) is 36.8 Å². The summed E-state index contributed by atoms with van der Waals surface area (Å²) in [5.41, 5.74) is 1.83. The van der Waals surface area contributed by atoms with Crippen molar-refractivity contribution in [1.82, 2.24) is 15.3 Å². The summed E-state index contributed by atoms with van der Waals surface area (Å²) in [4.78, 5) is 34.3. The standard InChI is InChI=1S/C18H20N4O3/c1-13(23)14-2-4-15(5-3-14)17(24)20-12-16-6-7-19-18(21-16)22-8-10-25-11-9-22/h2-7H,8-12H2,1H3,(H,20,24). The van der Waals surface area contributed by atoms with E-state index in [0.717, 1.165) is 18.8 Å². The Labute approximate surface area is 146 Å². The average Bonchev–Trinajstić information content (AvgIpc) is 2.67. The first-order valence-corrected chi connectivity index (χ1v) is 8.17. The Morgan fingerprint density at radius 3 is 2.48 bits per heavy atom. The summed E-state index contributed by atoms with van der Waals surface area (Å²) < 4.78 is 5.33. The molecule has 0 atom stereocenters. The molecule has 1 saturated heterocycles. The highest BCUT2D eigenvalue weighted by Crippen LogP contribution is 2.10. The third-order valence-corrected chi connectivity index (χ3v) is 3.98. The van der Waals surface area contributed by atoms with Gasteiger partial charge in [-0.05, 0) is 25.1 Å². The summed E-state index contributed by atoms with van der Waals surface area (Å²) >= 11 is 0. The van der Waals surface area contributed by atoms with Crippen molar-refractivity contribution in [2.45, 2.75) is 13.5 Å². The number of nitrogens with one attached hydrogen (secondary N) is 1. The van der Waals surface area contributed by atoms with E-state index in [1.165, 1.54) is 6.92 Å². The zero-order chi connectivity index (χ0) is 17.6. The molecule has 2 aromatic rings. The number of hydrogen-bond donors (Lipinski definition) is 1. The van der Waals surface area contributed by atoms with Gasteiger partial charge in [-0.15, -0.1) is 0 Å². The van der Waals surface area contributed by atoms with Crippen molar-refractivity contribution >= 4 is 17.6 Å². The van der Waals surface area contributed by atoms with Crippen LogP contribution < -0.4 is 10.2 Å². The van der Waals surface area contributed by atoms with Crippen molar-refractivity contribution in [2.24, 2.45) is 0 Å². The first-order valence-electron chi connectivity index (χ1n) is 8.17. The summed E-state index contributed by atoms with van der Waals surface area (Å²) in [6.07, 6.45) is 1.70. The van der Waals surface area contributed by atoms with Gasteiger partial charge < -0.3 is 15.0 Å². The summed E-state index contributed by atoms with van der Waals surface area (Å²) in [6.45, 7) is 4.67. The van der Waals surface area contributed by atoms with Gasteiger partial charge >= 0.3 is 0 Å². The van der Waals surface area contributed by atoms with Crippen molar-refractivity contribution in [3.63, 3.8) is 0 Å². The summed E-state index contributed by atoms with van der Waals surface area (Å²) in [6, 6.07) is 8.37. The van der Waals surface area contributed by atoms with Crippen LogP contribution in [0.15, 0.2) is 36.5 Å². The predicted octanol–water partition coefficient (Wildman–Crippen LogP) is 1.45. The molecule has 1 fully saturated rings. The van der Waals surface area contributed by atoms with Gasteiger partial charge in [0.2, 0.25) is 5.95 Å². The lowest BCUT2D eigenvalue weighted by atomic mass is 10.1. The van der Waals surface area contributed by atoms with E-state index in [4.69, 9.17) is 4.74 Å². The molecule has 2 heterocycles. The second kappa shape index (κ2) is 7.85. The summed E-state index contributed by atoms with van der Waals surface area (Å²) in [5.74, 6) is 0.422. The van der Waals surface area contributed by atoms with E-state index in [2.05, 4.69) is 20.2 Å². The predicted molar refractivity (Wildman–Crippen MR) is 92.7 cm³/mol. The Hall–Kier alpha value is -2.80. The van der Waals surface area contributed by atoms with E-state index in [9.17, 15) is 9.59 Å². The number of aromatic nitrogens is 2. The van der Waals surface area contributed by atoms with E-state index < -0.39 is 0 Å². The topological polar surface area (TPSA) is 84.4 Å². The molecule has 7 nitrogen and oxygen atoms in total. The van der Waals surface area contributed by atoms with Crippen LogP contribution in [0, 0.1) is 0 Å². The van der Waals surface area contributed by atoms with Gasteiger partial charge in [0.25, 0.3) is 5.91 Å². The molecule has 1 aliphatic heterocycles. The molecule has 0 saturated carbocycles. The van der Waals surface area contributed by atoms with Gasteiger partial charge in [-0.1, -0.05) is 12.1 Å². The number of rotatable bonds is 5. The molecule has 0 unspecified atom stereocenters. The normalized spacial score (nSPS) is 14.2. The number of carbonyl (C=O) groups is 2. The third kappa shape index (κ3) is 4.39. The van der Waals surface area contributed by atoms with Gasteiger partial charge in [-0.25, -0.2) is 9.97 Å². The fourth-order valence-corrected chi connectivity index (χ4v) is 2.53. The van der Waals surface area contributed by atoms with E-state index in [1.807, 2.05) is 0 Å². The monoisotopic (exact) mass is 340 g/mol. The molecule has 130 valence electrons. The Balaban J connectivity index is 1.61. The first kappa shape index (κ1) is 17.0. The number of morpholine rings is 1. The lowest BCUT2D eigenvalue weighted by Gasteiger charge is -2.26. The van der Waals surface area contributed by atoms with Crippen LogP contribution in [0.5, 0.6) is 0 Å². The summed E-state index contributed by atoms with van der Waals surface area (Å²) in [7, 11) is 0. The van der Waals surface area contributed by atoms with Gasteiger partial charge in [0.05, 0.1) is 25.5 Å². The molecule has 0 radical (unpaired) electrons. The molecule has 1 aliphatic rings. The molecular weight excluding hydrogens is 320 g/mol. The molecule has 0 bridgehead atoms. The second-order valence-corrected chi connectivity index (χ2v) is 5.76.